The predicted molar refractivity (Wildman–Crippen MR) is 118 cm³/mol. The zero-order valence-electron chi connectivity index (χ0n) is 18.1. The molecule has 0 aliphatic carbocycles. The minimum atomic E-state index is -0.164. The maximum absolute atomic E-state index is 12.9. The Balaban J connectivity index is 1.23. The summed E-state index contributed by atoms with van der Waals surface area (Å²) in [5.74, 6) is 1.45. The van der Waals surface area contributed by atoms with Crippen LogP contribution in [0.3, 0.4) is 0 Å². The molecule has 1 aromatic carbocycles. The minimum absolute atomic E-state index is 0.00415. The summed E-state index contributed by atoms with van der Waals surface area (Å²) in [5.41, 5.74) is 2.19. The summed E-state index contributed by atoms with van der Waals surface area (Å²) in [6.07, 6.45) is 4.62. The predicted octanol–water partition coefficient (Wildman–Crippen LogP) is 1.73. The first-order valence-electron chi connectivity index (χ1n) is 11.1. The highest BCUT2D eigenvalue weighted by Crippen LogP contribution is 2.32. The number of carbonyl (C=O) groups excluding carboxylic acids is 2. The van der Waals surface area contributed by atoms with Crippen molar-refractivity contribution in [1.29, 1.82) is 0 Å². The van der Waals surface area contributed by atoms with E-state index in [4.69, 9.17) is 14.5 Å². The summed E-state index contributed by atoms with van der Waals surface area (Å²) in [6, 6.07) is 7.17. The van der Waals surface area contributed by atoms with Crippen LogP contribution in [0.1, 0.15) is 41.2 Å². The molecule has 1 aromatic heterocycles. The fraction of sp³-hybridized carbons (Fsp3) is 0.478. The summed E-state index contributed by atoms with van der Waals surface area (Å²) in [5, 5.41) is 3.11. The number of benzene rings is 1. The Kier molecular flexibility index (Phi) is 5.65. The van der Waals surface area contributed by atoms with Crippen LogP contribution in [0, 0.1) is 0 Å². The van der Waals surface area contributed by atoms with Crippen LogP contribution < -0.4 is 19.9 Å². The molecule has 168 valence electrons. The smallest absolute Gasteiger partial charge is 0.264 e. The Bertz CT molecular complexity index is 1020. The molecule has 0 bridgehead atoms. The highest BCUT2D eigenvalue weighted by atomic mass is 16.5. The van der Waals surface area contributed by atoms with Crippen LogP contribution in [-0.4, -0.2) is 67.8 Å². The minimum Gasteiger partial charge on any atom is -0.482 e. The van der Waals surface area contributed by atoms with Crippen molar-refractivity contribution < 1.29 is 19.1 Å². The average molecular weight is 438 g/mol. The van der Waals surface area contributed by atoms with Gasteiger partial charge in [-0.15, -0.1) is 0 Å². The van der Waals surface area contributed by atoms with Gasteiger partial charge in [-0.1, -0.05) is 0 Å². The zero-order valence-corrected chi connectivity index (χ0v) is 18.1. The highest BCUT2D eigenvalue weighted by Gasteiger charge is 2.28. The standard InChI is InChI=1S/C23H27N5O4/c1-27-19-12-16(2-3-20(19)32-14-21(27)29)22(30)25-17-5-9-28(13-17)23-24-8-4-18(26-23)15-6-10-31-11-7-15/h2-4,8,12,15,17H,5-7,9-11,13-14H2,1H3,(H,25,30). The van der Waals surface area contributed by atoms with E-state index in [2.05, 4.69) is 15.2 Å². The average Bonchev–Trinajstić information content (AvgIpc) is 3.30. The number of aromatic nitrogens is 2. The number of fused-ring (bicyclic) bond motifs is 1. The second-order valence-electron chi connectivity index (χ2n) is 8.50. The molecule has 9 heteroatoms. The van der Waals surface area contributed by atoms with Crippen molar-refractivity contribution in [1.82, 2.24) is 15.3 Å². The van der Waals surface area contributed by atoms with Crippen molar-refractivity contribution >= 4 is 23.5 Å². The fourth-order valence-electron chi connectivity index (χ4n) is 4.48. The lowest BCUT2D eigenvalue weighted by molar-refractivity contribution is -0.120. The molecule has 9 nitrogen and oxygen atoms in total. The third kappa shape index (κ3) is 4.12. The van der Waals surface area contributed by atoms with E-state index in [1.54, 1.807) is 25.2 Å². The van der Waals surface area contributed by atoms with Gasteiger partial charge in [0.2, 0.25) is 5.95 Å². The molecular formula is C23H27N5O4. The van der Waals surface area contributed by atoms with Gasteiger partial charge in [0.15, 0.2) is 6.61 Å². The Morgan fingerprint density at radius 3 is 2.88 bits per heavy atom. The summed E-state index contributed by atoms with van der Waals surface area (Å²) in [7, 11) is 1.69. The molecular weight excluding hydrogens is 410 g/mol. The van der Waals surface area contributed by atoms with Crippen molar-refractivity contribution in [3.63, 3.8) is 0 Å². The fourth-order valence-corrected chi connectivity index (χ4v) is 4.48. The SMILES string of the molecule is CN1C(=O)COc2ccc(C(=O)NC3CCN(c4nccc(C5CCOCC5)n4)C3)cc21. The number of rotatable bonds is 4. The first kappa shape index (κ1) is 20.7. The van der Waals surface area contributed by atoms with Crippen LogP contribution >= 0.6 is 0 Å². The topological polar surface area (TPSA) is 96.9 Å². The molecule has 1 N–H and O–H groups in total. The Morgan fingerprint density at radius 2 is 2.03 bits per heavy atom. The molecule has 2 fully saturated rings. The number of anilines is 2. The lowest BCUT2D eigenvalue weighted by Gasteiger charge is -2.26. The summed E-state index contributed by atoms with van der Waals surface area (Å²) in [6.45, 7) is 3.03. The molecule has 4 heterocycles. The van der Waals surface area contributed by atoms with Gasteiger partial charge in [-0.2, -0.15) is 0 Å². The molecule has 1 atom stereocenters. The van der Waals surface area contributed by atoms with Gasteiger partial charge < -0.3 is 24.6 Å². The lowest BCUT2D eigenvalue weighted by atomic mass is 9.96. The van der Waals surface area contributed by atoms with Gasteiger partial charge in [0.25, 0.3) is 11.8 Å². The number of nitrogens with zero attached hydrogens (tertiary/aromatic N) is 4. The highest BCUT2D eigenvalue weighted by molar-refractivity contribution is 6.01. The largest absolute Gasteiger partial charge is 0.482 e. The number of likely N-dealkylation sites (N-methyl/N-ethyl adjacent to an activating group) is 1. The van der Waals surface area contributed by atoms with Gasteiger partial charge in [0.05, 0.1) is 5.69 Å². The number of amides is 2. The zero-order chi connectivity index (χ0) is 22.1. The Labute approximate surface area is 186 Å². The number of nitrogens with one attached hydrogen (secondary N) is 1. The third-order valence-electron chi connectivity index (χ3n) is 6.42. The lowest BCUT2D eigenvalue weighted by Crippen LogP contribution is -2.38. The van der Waals surface area contributed by atoms with Crippen LogP contribution in [0.2, 0.25) is 0 Å². The molecule has 2 saturated heterocycles. The maximum Gasteiger partial charge on any atom is 0.264 e. The molecule has 3 aliphatic heterocycles. The van der Waals surface area contributed by atoms with E-state index in [9.17, 15) is 9.59 Å². The molecule has 1 unspecified atom stereocenters. The van der Waals surface area contributed by atoms with Gasteiger partial charge in [-0.25, -0.2) is 9.97 Å². The van der Waals surface area contributed by atoms with E-state index in [1.165, 1.54) is 4.90 Å². The summed E-state index contributed by atoms with van der Waals surface area (Å²) in [4.78, 5) is 37.7. The van der Waals surface area contributed by atoms with E-state index in [0.29, 0.717) is 29.5 Å². The Morgan fingerprint density at radius 1 is 1.19 bits per heavy atom. The molecule has 5 rings (SSSR count). The van der Waals surface area contributed by atoms with E-state index < -0.39 is 0 Å². The van der Waals surface area contributed by atoms with Crippen molar-refractivity contribution in [2.24, 2.45) is 0 Å². The van der Waals surface area contributed by atoms with E-state index in [1.807, 2.05) is 12.3 Å². The van der Waals surface area contributed by atoms with E-state index >= 15 is 0 Å². The number of ether oxygens (including phenoxy) is 2. The number of hydrogen-bond acceptors (Lipinski definition) is 7. The van der Waals surface area contributed by atoms with Crippen molar-refractivity contribution in [3.05, 3.63) is 41.7 Å². The molecule has 0 spiro atoms. The molecule has 0 radical (unpaired) electrons. The van der Waals surface area contributed by atoms with Crippen LogP contribution in [0.4, 0.5) is 11.6 Å². The van der Waals surface area contributed by atoms with Crippen molar-refractivity contribution in [3.8, 4) is 5.75 Å². The second-order valence-corrected chi connectivity index (χ2v) is 8.50. The molecule has 32 heavy (non-hydrogen) atoms. The van der Waals surface area contributed by atoms with Crippen LogP contribution in [0.15, 0.2) is 30.5 Å². The molecule has 2 amide bonds. The monoisotopic (exact) mass is 437 g/mol. The van der Waals surface area contributed by atoms with Crippen molar-refractivity contribution in [2.45, 2.75) is 31.2 Å². The summed E-state index contributed by atoms with van der Waals surface area (Å²) >= 11 is 0. The first-order valence-corrected chi connectivity index (χ1v) is 11.1. The van der Waals surface area contributed by atoms with E-state index in [-0.39, 0.29) is 24.5 Å². The van der Waals surface area contributed by atoms with Crippen LogP contribution in [-0.2, 0) is 9.53 Å². The molecule has 3 aliphatic rings. The van der Waals surface area contributed by atoms with Gasteiger partial charge in [-0.3, -0.25) is 9.59 Å². The number of hydrogen-bond donors (Lipinski definition) is 1. The maximum atomic E-state index is 12.9. The van der Waals surface area contributed by atoms with Gasteiger partial charge in [-0.05, 0) is 43.5 Å². The van der Waals surface area contributed by atoms with Gasteiger partial charge in [0.1, 0.15) is 5.75 Å². The van der Waals surface area contributed by atoms with Crippen LogP contribution in [0.5, 0.6) is 5.75 Å². The first-order chi connectivity index (χ1) is 15.6. The van der Waals surface area contributed by atoms with Gasteiger partial charge >= 0.3 is 0 Å². The Hall–Kier alpha value is -3.20. The normalized spacial score (nSPS) is 21.3. The second kappa shape index (κ2) is 8.74. The van der Waals surface area contributed by atoms with Gasteiger partial charge in [0, 0.05) is 62.8 Å². The third-order valence-corrected chi connectivity index (χ3v) is 6.42. The van der Waals surface area contributed by atoms with E-state index in [0.717, 1.165) is 50.7 Å². The van der Waals surface area contributed by atoms with Crippen molar-refractivity contribution in [2.75, 3.05) is 49.8 Å². The quantitative estimate of drug-likeness (QED) is 0.778. The van der Waals surface area contributed by atoms with Crippen LogP contribution in [0.25, 0.3) is 0 Å². The molecule has 2 aromatic rings. The molecule has 0 saturated carbocycles. The summed E-state index contributed by atoms with van der Waals surface area (Å²) < 4.78 is 10.9. The number of carbonyl (C=O) groups is 2.